The lowest BCUT2D eigenvalue weighted by Gasteiger charge is -2.24. The lowest BCUT2D eigenvalue weighted by molar-refractivity contribution is -0.116. The van der Waals surface area contributed by atoms with E-state index >= 15 is 0 Å². The van der Waals surface area contributed by atoms with Gasteiger partial charge in [-0.15, -0.1) is 0 Å². The first-order valence-electron chi connectivity index (χ1n) is 6.20. The van der Waals surface area contributed by atoms with Gasteiger partial charge in [0.15, 0.2) is 0 Å². The number of amides is 1. The number of nitrogens with zero attached hydrogens (tertiary/aromatic N) is 1. The van der Waals surface area contributed by atoms with Crippen LogP contribution in [0, 0.1) is 6.92 Å². The minimum absolute atomic E-state index is 0.144. The third kappa shape index (κ3) is 2.20. The van der Waals surface area contributed by atoms with E-state index in [2.05, 4.69) is 15.3 Å². The van der Waals surface area contributed by atoms with Gasteiger partial charge in [0.25, 0.3) is 5.56 Å². The SMILES string of the molecule is Cc1nc2c(c(=O)[nH]1)[C@@H](c1ccc(Cl)cc1)CC(=O)N2. The quantitative estimate of drug-likeness (QED) is 0.845. The monoisotopic (exact) mass is 289 g/mol. The van der Waals surface area contributed by atoms with Crippen LogP contribution in [0.5, 0.6) is 0 Å². The summed E-state index contributed by atoms with van der Waals surface area (Å²) in [5, 5.41) is 3.27. The number of fused-ring (bicyclic) bond motifs is 1. The molecular formula is C14H12ClN3O2. The Hall–Kier alpha value is -2.14. The van der Waals surface area contributed by atoms with Gasteiger partial charge in [0.05, 0.1) is 5.56 Å². The zero-order valence-corrected chi connectivity index (χ0v) is 11.5. The molecule has 3 rings (SSSR count). The number of anilines is 1. The normalized spacial score (nSPS) is 17.5. The number of carbonyl (C=O) groups is 1. The molecule has 1 atom stereocenters. The molecule has 102 valence electrons. The van der Waals surface area contributed by atoms with E-state index in [0.717, 1.165) is 5.56 Å². The van der Waals surface area contributed by atoms with Gasteiger partial charge in [-0.25, -0.2) is 4.98 Å². The van der Waals surface area contributed by atoms with Gasteiger partial charge >= 0.3 is 0 Å². The van der Waals surface area contributed by atoms with Gasteiger partial charge in [0.2, 0.25) is 5.91 Å². The van der Waals surface area contributed by atoms with Gasteiger partial charge in [-0.3, -0.25) is 9.59 Å². The summed E-state index contributed by atoms with van der Waals surface area (Å²) in [5.41, 5.74) is 1.16. The summed E-state index contributed by atoms with van der Waals surface area (Å²) in [5.74, 6) is 0.385. The van der Waals surface area contributed by atoms with Crippen LogP contribution in [0.3, 0.4) is 0 Å². The lowest BCUT2D eigenvalue weighted by Crippen LogP contribution is -2.31. The fourth-order valence-corrected chi connectivity index (χ4v) is 2.59. The predicted octanol–water partition coefficient (Wildman–Crippen LogP) is 2.21. The number of benzene rings is 1. The Morgan fingerprint density at radius 2 is 1.95 bits per heavy atom. The largest absolute Gasteiger partial charge is 0.310 e. The van der Waals surface area contributed by atoms with Crippen LogP contribution in [0.1, 0.15) is 29.3 Å². The second-order valence-corrected chi connectivity index (χ2v) is 5.21. The zero-order valence-electron chi connectivity index (χ0n) is 10.7. The summed E-state index contributed by atoms with van der Waals surface area (Å²) in [6.45, 7) is 1.68. The number of H-pyrrole nitrogens is 1. The molecule has 0 bridgehead atoms. The zero-order chi connectivity index (χ0) is 14.3. The average Bonchev–Trinajstić information content (AvgIpc) is 2.37. The van der Waals surface area contributed by atoms with Crippen LogP contribution < -0.4 is 10.9 Å². The molecule has 5 nitrogen and oxygen atoms in total. The van der Waals surface area contributed by atoms with Crippen molar-refractivity contribution in [1.82, 2.24) is 9.97 Å². The Labute approximate surface area is 120 Å². The number of aromatic amines is 1. The minimum atomic E-state index is -0.298. The van der Waals surface area contributed by atoms with E-state index in [-0.39, 0.29) is 23.8 Å². The molecule has 1 amide bonds. The fourth-order valence-electron chi connectivity index (χ4n) is 2.46. The van der Waals surface area contributed by atoms with Gasteiger partial charge in [-0.2, -0.15) is 0 Å². The first-order valence-corrected chi connectivity index (χ1v) is 6.58. The van der Waals surface area contributed by atoms with E-state index < -0.39 is 0 Å². The lowest BCUT2D eigenvalue weighted by atomic mass is 9.87. The summed E-state index contributed by atoms with van der Waals surface area (Å²) in [6, 6.07) is 7.15. The van der Waals surface area contributed by atoms with Crippen molar-refractivity contribution in [2.75, 3.05) is 5.32 Å². The van der Waals surface area contributed by atoms with E-state index in [1.54, 1.807) is 19.1 Å². The summed E-state index contributed by atoms with van der Waals surface area (Å²) in [4.78, 5) is 30.9. The van der Waals surface area contributed by atoms with E-state index in [1.807, 2.05) is 12.1 Å². The van der Waals surface area contributed by atoms with Crippen molar-refractivity contribution in [1.29, 1.82) is 0 Å². The molecule has 2 aromatic rings. The van der Waals surface area contributed by atoms with Gasteiger partial charge < -0.3 is 10.3 Å². The van der Waals surface area contributed by atoms with Crippen molar-refractivity contribution in [3.8, 4) is 0 Å². The number of nitrogens with one attached hydrogen (secondary N) is 2. The van der Waals surface area contributed by atoms with Crippen molar-refractivity contribution in [2.45, 2.75) is 19.3 Å². The molecule has 6 heteroatoms. The molecular weight excluding hydrogens is 278 g/mol. The molecule has 2 heterocycles. The van der Waals surface area contributed by atoms with Crippen molar-refractivity contribution >= 4 is 23.3 Å². The third-order valence-electron chi connectivity index (χ3n) is 3.34. The van der Waals surface area contributed by atoms with E-state index in [4.69, 9.17) is 11.6 Å². The van der Waals surface area contributed by atoms with E-state index in [9.17, 15) is 9.59 Å². The second kappa shape index (κ2) is 4.76. The summed E-state index contributed by atoms with van der Waals surface area (Å²) in [7, 11) is 0. The highest BCUT2D eigenvalue weighted by Crippen LogP contribution is 2.33. The van der Waals surface area contributed by atoms with Crippen LogP contribution in [-0.2, 0) is 4.79 Å². The number of aromatic nitrogens is 2. The number of carbonyl (C=O) groups excluding carboxylic acids is 1. The van der Waals surface area contributed by atoms with Crippen molar-refractivity contribution in [3.05, 3.63) is 56.6 Å². The molecule has 0 unspecified atom stereocenters. The van der Waals surface area contributed by atoms with E-state index in [0.29, 0.717) is 22.2 Å². The van der Waals surface area contributed by atoms with Crippen LogP contribution in [0.4, 0.5) is 5.82 Å². The number of halogens is 1. The number of hydrogen-bond acceptors (Lipinski definition) is 3. The molecule has 0 radical (unpaired) electrons. The minimum Gasteiger partial charge on any atom is -0.310 e. The third-order valence-corrected chi connectivity index (χ3v) is 3.59. The van der Waals surface area contributed by atoms with E-state index in [1.165, 1.54) is 0 Å². The van der Waals surface area contributed by atoms with Gasteiger partial charge in [-0.05, 0) is 24.6 Å². The molecule has 0 aliphatic carbocycles. The van der Waals surface area contributed by atoms with Crippen molar-refractivity contribution < 1.29 is 4.79 Å². The molecule has 1 aliphatic heterocycles. The van der Waals surface area contributed by atoms with Crippen molar-refractivity contribution in [2.24, 2.45) is 0 Å². The molecule has 1 aliphatic rings. The smallest absolute Gasteiger partial charge is 0.256 e. The molecule has 1 aromatic heterocycles. The number of hydrogen-bond donors (Lipinski definition) is 2. The number of aryl methyl sites for hydroxylation is 1. The van der Waals surface area contributed by atoms with Crippen LogP contribution >= 0.6 is 11.6 Å². The van der Waals surface area contributed by atoms with Crippen LogP contribution in [-0.4, -0.2) is 15.9 Å². The summed E-state index contributed by atoms with van der Waals surface area (Å²) >= 11 is 5.87. The highest BCUT2D eigenvalue weighted by molar-refractivity contribution is 6.30. The Morgan fingerprint density at radius 1 is 1.25 bits per heavy atom. The van der Waals surface area contributed by atoms with Crippen LogP contribution in [0.15, 0.2) is 29.1 Å². The molecule has 0 saturated heterocycles. The second-order valence-electron chi connectivity index (χ2n) is 4.77. The summed E-state index contributed by atoms with van der Waals surface area (Å²) in [6.07, 6.45) is 0.225. The maximum Gasteiger partial charge on any atom is 0.256 e. The highest BCUT2D eigenvalue weighted by atomic mass is 35.5. The molecule has 20 heavy (non-hydrogen) atoms. The summed E-state index contributed by atoms with van der Waals surface area (Å²) < 4.78 is 0. The molecule has 1 aromatic carbocycles. The standard InChI is InChI=1S/C14H12ClN3O2/c1-7-16-13-12(14(20)17-7)10(6-11(19)18-13)8-2-4-9(15)5-3-8/h2-5,10H,6H2,1H3,(H2,16,17,18,19,20)/t10-/m1/s1. The molecule has 0 saturated carbocycles. The first-order chi connectivity index (χ1) is 9.54. The van der Waals surface area contributed by atoms with Crippen molar-refractivity contribution in [3.63, 3.8) is 0 Å². The predicted molar refractivity (Wildman–Crippen MR) is 76.1 cm³/mol. The van der Waals surface area contributed by atoms with Gasteiger partial charge in [-0.1, -0.05) is 23.7 Å². The molecule has 0 spiro atoms. The Bertz CT molecular complexity index is 737. The maximum atomic E-state index is 12.2. The van der Waals surface area contributed by atoms with Gasteiger partial charge in [0.1, 0.15) is 11.6 Å². The van der Waals surface area contributed by atoms with Crippen LogP contribution in [0.25, 0.3) is 0 Å². The highest BCUT2D eigenvalue weighted by Gasteiger charge is 2.30. The molecule has 2 N–H and O–H groups in total. The van der Waals surface area contributed by atoms with Gasteiger partial charge in [0, 0.05) is 17.4 Å². The van der Waals surface area contributed by atoms with Crippen LogP contribution in [0.2, 0.25) is 5.02 Å². The fraction of sp³-hybridized carbons (Fsp3) is 0.214. The topological polar surface area (TPSA) is 74.8 Å². The average molecular weight is 290 g/mol. The Kier molecular flexibility index (Phi) is 3.06. The Morgan fingerprint density at radius 3 is 2.65 bits per heavy atom. The molecule has 0 fully saturated rings. The Balaban J connectivity index is 2.17. The number of rotatable bonds is 1. The maximum absolute atomic E-state index is 12.2. The first kappa shape index (κ1) is 12.9.